The third-order valence-corrected chi connectivity index (χ3v) is 3.99. The first-order valence-corrected chi connectivity index (χ1v) is 8.84. The Morgan fingerprint density at radius 3 is 2.61 bits per heavy atom. The van der Waals surface area contributed by atoms with Crippen LogP contribution in [0, 0.1) is 17.6 Å². The van der Waals surface area contributed by atoms with Crippen LogP contribution in [-0.2, 0) is 4.79 Å². The highest BCUT2D eigenvalue weighted by molar-refractivity contribution is 9.09. The Morgan fingerprint density at radius 1 is 1.39 bits per heavy atom. The maximum absolute atomic E-state index is 14.1. The maximum Gasteiger partial charge on any atom is 0.236 e. The number of hydrogen-bond donors (Lipinski definition) is 1. The molecule has 2 rings (SSSR count). The zero-order chi connectivity index (χ0) is 17.0. The van der Waals surface area contributed by atoms with Crippen LogP contribution in [0.1, 0.15) is 13.8 Å². The number of ether oxygens (including phenoxy) is 1. The second kappa shape index (κ2) is 7.83. The summed E-state index contributed by atoms with van der Waals surface area (Å²) in [5.41, 5.74) is 0.667. The van der Waals surface area contributed by atoms with Gasteiger partial charge in [-0.05, 0) is 18.1 Å². The molecular weight excluding hydrogens is 390 g/mol. The second-order valence-corrected chi connectivity index (χ2v) is 6.61. The van der Waals surface area contributed by atoms with E-state index in [0.717, 1.165) is 0 Å². The monoisotopic (exact) mass is 404 g/mol. The summed E-state index contributed by atoms with van der Waals surface area (Å²) in [6.07, 6.45) is 0. The molecule has 0 fully saturated rings. The number of carbonyl (C=O) groups is 1. The van der Waals surface area contributed by atoms with E-state index in [-0.39, 0.29) is 35.1 Å². The van der Waals surface area contributed by atoms with Gasteiger partial charge in [0.15, 0.2) is 22.5 Å². The summed E-state index contributed by atoms with van der Waals surface area (Å²) in [5.74, 6) is -2.03. The number of nitrogens with zero attached hydrogens (tertiary/aromatic N) is 1. The molecule has 23 heavy (non-hydrogen) atoms. The van der Waals surface area contributed by atoms with Crippen LogP contribution in [-0.4, -0.2) is 22.8 Å². The van der Waals surface area contributed by atoms with Crippen LogP contribution in [0.15, 0.2) is 17.5 Å². The predicted octanol–water partition coefficient (Wildman–Crippen LogP) is 4.46. The van der Waals surface area contributed by atoms with E-state index in [1.807, 2.05) is 13.8 Å². The van der Waals surface area contributed by atoms with Crippen molar-refractivity contribution in [3.63, 3.8) is 0 Å². The summed E-state index contributed by atoms with van der Waals surface area (Å²) < 4.78 is 33.3. The lowest BCUT2D eigenvalue weighted by atomic mass is 10.1. The van der Waals surface area contributed by atoms with Crippen LogP contribution >= 0.6 is 27.3 Å². The summed E-state index contributed by atoms with van der Waals surface area (Å²) in [4.78, 5) is 15.4. The number of rotatable bonds is 6. The number of carbonyl (C=O) groups excluding carboxylic acids is 1. The van der Waals surface area contributed by atoms with Crippen molar-refractivity contribution in [2.75, 3.05) is 17.3 Å². The number of aromatic nitrogens is 1. The highest BCUT2D eigenvalue weighted by atomic mass is 79.9. The van der Waals surface area contributed by atoms with Gasteiger partial charge in [-0.25, -0.2) is 13.8 Å². The van der Waals surface area contributed by atoms with E-state index in [9.17, 15) is 13.6 Å². The first-order valence-electron chi connectivity index (χ1n) is 6.84. The molecule has 8 heteroatoms. The minimum absolute atomic E-state index is 0.146. The molecule has 0 aliphatic carbocycles. The van der Waals surface area contributed by atoms with Gasteiger partial charge in [-0.3, -0.25) is 4.79 Å². The van der Waals surface area contributed by atoms with Gasteiger partial charge in [0.05, 0.1) is 17.6 Å². The smallest absolute Gasteiger partial charge is 0.236 e. The molecule has 0 bridgehead atoms. The van der Waals surface area contributed by atoms with E-state index in [2.05, 4.69) is 26.2 Å². The summed E-state index contributed by atoms with van der Waals surface area (Å²) in [5, 5.41) is 4.69. The van der Waals surface area contributed by atoms with Gasteiger partial charge in [-0.2, -0.15) is 0 Å². The average molecular weight is 405 g/mol. The normalized spacial score (nSPS) is 10.9. The van der Waals surface area contributed by atoms with Gasteiger partial charge in [0.2, 0.25) is 5.91 Å². The number of anilines is 1. The van der Waals surface area contributed by atoms with Crippen LogP contribution in [0.3, 0.4) is 0 Å². The lowest BCUT2D eigenvalue weighted by molar-refractivity contribution is -0.113. The topological polar surface area (TPSA) is 51.2 Å². The number of hydrogen-bond acceptors (Lipinski definition) is 4. The van der Waals surface area contributed by atoms with E-state index in [1.54, 1.807) is 5.38 Å². The quantitative estimate of drug-likeness (QED) is 0.723. The summed E-state index contributed by atoms with van der Waals surface area (Å²) in [6, 6.07) is 2.34. The first-order chi connectivity index (χ1) is 10.9. The van der Waals surface area contributed by atoms with Crippen LogP contribution in [0.25, 0.3) is 11.3 Å². The molecular formula is C15H15BrF2N2O2S. The molecule has 1 aromatic heterocycles. The Kier molecular flexibility index (Phi) is 6.06. The minimum atomic E-state index is -0.778. The van der Waals surface area contributed by atoms with Gasteiger partial charge in [0.1, 0.15) is 0 Å². The highest BCUT2D eigenvalue weighted by Gasteiger charge is 2.16. The van der Waals surface area contributed by atoms with Gasteiger partial charge in [0.25, 0.3) is 0 Å². The largest absolute Gasteiger partial charge is 0.487 e. The second-order valence-electron chi connectivity index (χ2n) is 5.19. The Bertz CT molecular complexity index is 684. The van der Waals surface area contributed by atoms with Gasteiger partial charge >= 0.3 is 0 Å². The molecule has 0 spiro atoms. The van der Waals surface area contributed by atoms with Crippen molar-refractivity contribution >= 4 is 38.3 Å². The SMILES string of the molecule is CC(C)COc1c(F)cc(-c2csc(NC(=O)CBr)n2)cc1F. The Morgan fingerprint density at radius 2 is 2.04 bits per heavy atom. The lowest BCUT2D eigenvalue weighted by Crippen LogP contribution is -2.11. The third-order valence-electron chi connectivity index (χ3n) is 2.73. The fraction of sp³-hybridized carbons (Fsp3) is 0.333. The highest BCUT2D eigenvalue weighted by Crippen LogP contribution is 2.31. The molecule has 1 amide bonds. The van der Waals surface area contributed by atoms with Crippen LogP contribution < -0.4 is 10.1 Å². The van der Waals surface area contributed by atoms with Gasteiger partial charge < -0.3 is 10.1 Å². The Balaban J connectivity index is 2.22. The van der Waals surface area contributed by atoms with Crippen molar-refractivity contribution in [3.05, 3.63) is 29.1 Å². The lowest BCUT2D eigenvalue weighted by Gasteiger charge is -2.11. The molecule has 4 nitrogen and oxygen atoms in total. The molecule has 1 heterocycles. The van der Waals surface area contributed by atoms with E-state index >= 15 is 0 Å². The molecule has 0 aliphatic rings. The number of nitrogens with one attached hydrogen (secondary N) is 1. The summed E-state index contributed by atoms with van der Waals surface area (Å²) in [7, 11) is 0. The van der Waals surface area contributed by atoms with Crippen molar-refractivity contribution < 1.29 is 18.3 Å². The zero-order valence-corrected chi connectivity index (χ0v) is 14.9. The standard InChI is InChI=1S/C15H15BrF2N2O2S/c1-8(2)6-22-14-10(17)3-9(4-11(14)18)12-7-23-15(19-12)20-13(21)5-16/h3-4,7-8H,5-6H2,1-2H3,(H,19,20,21). The summed E-state index contributed by atoms with van der Waals surface area (Å²) in [6.45, 7) is 4.01. The average Bonchev–Trinajstić information content (AvgIpc) is 2.94. The molecule has 124 valence electrons. The molecule has 0 saturated heterocycles. The van der Waals surface area contributed by atoms with E-state index < -0.39 is 11.6 Å². The number of amides is 1. The number of thiazole rings is 1. The van der Waals surface area contributed by atoms with Crippen molar-refractivity contribution in [1.82, 2.24) is 4.98 Å². The van der Waals surface area contributed by atoms with E-state index in [1.165, 1.54) is 23.5 Å². The summed E-state index contributed by atoms with van der Waals surface area (Å²) >= 11 is 4.21. The van der Waals surface area contributed by atoms with Crippen molar-refractivity contribution in [2.45, 2.75) is 13.8 Å². The van der Waals surface area contributed by atoms with Crippen LogP contribution in [0.4, 0.5) is 13.9 Å². The zero-order valence-electron chi connectivity index (χ0n) is 12.5. The molecule has 0 unspecified atom stereocenters. The maximum atomic E-state index is 14.1. The number of halogens is 3. The van der Waals surface area contributed by atoms with Crippen LogP contribution in [0.5, 0.6) is 5.75 Å². The fourth-order valence-corrected chi connectivity index (χ4v) is 2.59. The molecule has 0 radical (unpaired) electrons. The molecule has 0 aliphatic heterocycles. The Hall–Kier alpha value is -1.54. The van der Waals surface area contributed by atoms with Gasteiger partial charge in [-0.1, -0.05) is 29.8 Å². The Labute approximate surface area is 145 Å². The number of alkyl halides is 1. The fourth-order valence-electron chi connectivity index (χ4n) is 1.71. The van der Waals surface area contributed by atoms with Crippen LogP contribution in [0.2, 0.25) is 0 Å². The van der Waals surface area contributed by atoms with Crippen molar-refractivity contribution in [1.29, 1.82) is 0 Å². The van der Waals surface area contributed by atoms with E-state index in [0.29, 0.717) is 10.8 Å². The molecule has 1 aromatic carbocycles. The molecule has 0 saturated carbocycles. The van der Waals surface area contributed by atoms with Crippen molar-refractivity contribution in [2.24, 2.45) is 5.92 Å². The molecule has 1 N–H and O–H groups in total. The minimum Gasteiger partial charge on any atom is -0.487 e. The van der Waals surface area contributed by atoms with Crippen molar-refractivity contribution in [3.8, 4) is 17.0 Å². The molecule has 2 aromatic rings. The van der Waals surface area contributed by atoms with E-state index in [4.69, 9.17) is 4.74 Å². The van der Waals surface area contributed by atoms with Gasteiger partial charge in [0, 0.05) is 10.9 Å². The van der Waals surface area contributed by atoms with Gasteiger partial charge in [-0.15, -0.1) is 11.3 Å². The first kappa shape index (κ1) is 17.8. The number of benzene rings is 1. The third kappa shape index (κ3) is 4.71. The predicted molar refractivity (Wildman–Crippen MR) is 90.2 cm³/mol. The molecule has 0 atom stereocenters.